The van der Waals surface area contributed by atoms with Gasteiger partial charge in [-0.15, -0.1) is 0 Å². The molecule has 1 heterocycles. The lowest BCUT2D eigenvalue weighted by Crippen LogP contribution is -2.29. The first-order valence-corrected chi connectivity index (χ1v) is 5.91. The van der Waals surface area contributed by atoms with Crippen molar-refractivity contribution in [2.45, 2.75) is 26.8 Å². The predicted octanol–water partition coefficient (Wildman–Crippen LogP) is 2.61. The van der Waals surface area contributed by atoms with Crippen LogP contribution in [-0.4, -0.2) is 13.1 Å². The van der Waals surface area contributed by atoms with Gasteiger partial charge >= 0.3 is 0 Å². The third-order valence-corrected chi connectivity index (χ3v) is 3.23. The Bertz CT molecular complexity index is 407. The summed E-state index contributed by atoms with van der Waals surface area (Å²) < 4.78 is 0. The van der Waals surface area contributed by atoms with E-state index in [-0.39, 0.29) is 0 Å². The molecule has 1 aromatic carbocycles. The minimum atomic E-state index is 0.621. The zero-order valence-corrected chi connectivity index (χ0v) is 10.2. The average molecular weight is 216 g/mol. The first-order valence-electron chi connectivity index (χ1n) is 5.91. The van der Waals surface area contributed by atoms with E-state index in [1.54, 1.807) is 0 Å². The van der Waals surface area contributed by atoms with Crippen molar-refractivity contribution in [3.63, 3.8) is 0 Å². The zero-order valence-electron chi connectivity index (χ0n) is 10.2. The van der Waals surface area contributed by atoms with Gasteiger partial charge in [-0.1, -0.05) is 29.3 Å². The Morgan fingerprint density at radius 3 is 2.75 bits per heavy atom. The Balaban J connectivity index is 2.27. The highest BCUT2D eigenvalue weighted by Gasteiger charge is 2.12. The third kappa shape index (κ3) is 2.27. The largest absolute Gasteiger partial charge is 0.367 e. The summed E-state index contributed by atoms with van der Waals surface area (Å²) in [6.07, 6.45) is 3.47. The van der Waals surface area contributed by atoms with Gasteiger partial charge in [0.25, 0.3) is 0 Å². The highest BCUT2D eigenvalue weighted by molar-refractivity contribution is 5.56. The van der Waals surface area contributed by atoms with E-state index in [0.717, 1.165) is 19.5 Å². The van der Waals surface area contributed by atoms with Gasteiger partial charge in [0.1, 0.15) is 0 Å². The zero-order chi connectivity index (χ0) is 11.5. The van der Waals surface area contributed by atoms with Crippen molar-refractivity contribution in [3.05, 3.63) is 41.0 Å². The fourth-order valence-corrected chi connectivity index (χ4v) is 2.18. The Kier molecular flexibility index (Phi) is 3.30. The SMILES string of the molecule is CC1=CCN(c2ccc(C)cc2CN)CC1. The lowest BCUT2D eigenvalue weighted by Gasteiger charge is -2.29. The molecule has 0 spiro atoms. The maximum atomic E-state index is 5.81. The van der Waals surface area contributed by atoms with Crippen LogP contribution < -0.4 is 10.6 Å². The number of nitrogens with zero attached hydrogens (tertiary/aromatic N) is 1. The number of hydrogen-bond acceptors (Lipinski definition) is 2. The molecule has 0 bridgehead atoms. The van der Waals surface area contributed by atoms with Gasteiger partial charge in [-0.25, -0.2) is 0 Å². The van der Waals surface area contributed by atoms with Gasteiger partial charge in [0.05, 0.1) is 0 Å². The van der Waals surface area contributed by atoms with Crippen LogP contribution in [0.5, 0.6) is 0 Å². The van der Waals surface area contributed by atoms with Gasteiger partial charge in [-0.3, -0.25) is 0 Å². The first-order chi connectivity index (χ1) is 7.70. The van der Waals surface area contributed by atoms with Crippen molar-refractivity contribution in [3.8, 4) is 0 Å². The van der Waals surface area contributed by atoms with E-state index in [1.807, 2.05) is 0 Å². The van der Waals surface area contributed by atoms with E-state index < -0.39 is 0 Å². The smallest absolute Gasteiger partial charge is 0.0414 e. The van der Waals surface area contributed by atoms with Gasteiger partial charge in [-0.05, 0) is 31.9 Å². The van der Waals surface area contributed by atoms with Gasteiger partial charge in [-0.2, -0.15) is 0 Å². The van der Waals surface area contributed by atoms with Crippen LogP contribution in [0.15, 0.2) is 29.8 Å². The molecule has 0 atom stereocenters. The number of rotatable bonds is 2. The van der Waals surface area contributed by atoms with Crippen molar-refractivity contribution in [2.75, 3.05) is 18.0 Å². The van der Waals surface area contributed by atoms with E-state index in [4.69, 9.17) is 5.73 Å². The van der Waals surface area contributed by atoms with E-state index in [1.165, 1.54) is 22.4 Å². The molecule has 0 aliphatic carbocycles. The first kappa shape index (κ1) is 11.2. The van der Waals surface area contributed by atoms with Gasteiger partial charge < -0.3 is 10.6 Å². The second kappa shape index (κ2) is 4.71. The summed E-state index contributed by atoms with van der Waals surface area (Å²) >= 11 is 0. The molecule has 2 nitrogen and oxygen atoms in total. The fourth-order valence-electron chi connectivity index (χ4n) is 2.18. The number of aryl methyl sites for hydroxylation is 1. The molecule has 0 amide bonds. The molecular formula is C14H20N2. The average Bonchev–Trinajstić information content (AvgIpc) is 2.30. The highest BCUT2D eigenvalue weighted by Crippen LogP contribution is 2.24. The molecule has 86 valence electrons. The summed E-state index contributed by atoms with van der Waals surface area (Å²) in [6.45, 7) is 7.07. The summed E-state index contributed by atoms with van der Waals surface area (Å²) in [4.78, 5) is 2.41. The summed E-state index contributed by atoms with van der Waals surface area (Å²) in [7, 11) is 0. The molecule has 0 saturated heterocycles. The Morgan fingerprint density at radius 1 is 1.31 bits per heavy atom. The van der Waals surface area contributed by atoms with Crippen molar-refractivity contribution >= 4 is 5.69 Å². The maximum Gasteiger partial charge on any atom is 0.0414 e. The lowest BCUT2D eigenvalue weighted by atomic mass is 10.1. The molecule has 0 radical (unpaired) electrons. The van der Waals surface area contributed by atoms with Gasteiger partial charge in [0, 0.05) is 25.3 Å². The van der Waals surface area contributed by atoms with Crippen LogP contribution >= 0.6 is 0 Å². The minimum Gasteiger partial charge on any atom is -0.367 e. The fraction of sp³-hybridized carbons (Fsp3) is 0.429. The molecule has 2 heteroatoms. The Morgan fingerprint density at radius 2 is 2.12 bits per heavy atom. The van der Waals surface area contributed by atoms with E-state index in [2.05, 4.69) is 43.0 Å². The monoisotopic (exact) mass is 216 g/mol. The molecule has 0 aromatic heterocycles. The van der Waals surface area contributed by atoms with Gasteiger partial charge in [0.15, 0.2) is 0 Å². The number of anilines is 1. The summed E-state index contributed by atoms with van der Waals surface area (Å²) in [5.74, 6) is 0. The predicted molar refractivity (Wildman–Crippen MR) is 69.7 cm³/mol. The van der Waals surface area contributed by atoms with Crippen molar-refractivity contribution in [1.82, 2.24) is 0 Å². The molecule has 2 N–H and O–H groups in total. The molecular weight excluding hydrogens is 196 g/mol. The number of hydrogen-bond donors (Lipinski definition) is 1. The molecule has 2 rings (SSSR count). The van der Waals surface area contributed by atoms with E-state index in [0.29, 0.717) is 6.54 Å². The summed E-state index contributed by atoms with van der Waals surface area (Å²) in [5, 5.41) is 0. The van der Waals surface area contributed by atoms with E-state index in [9.17, 15) is 0 Å². The Hall–Kier alpha value is -1.28. The topological polar surface area (TPSA) is 29.3 Å². The Labute approximate surface area is 97.8 Å². The van der Waals surface area contributed by atoms with Crippen LogP contribution in [0.3, 0.4) is 0 Å². The van der Waals surface area contributed by atoms with Gasteiger partial charge in [0.2, 0.25) is 0 Å². The van der Waals surface area contributed by atoms with Crippen LogP contribution in [0.1, 0.15) is 24.5 Å². The molecule has 1 aliphatic heterocycles. The van der Waals surface area contributed by atoms with Crippen molar-refractivity contribution < 1.29 is 0 Å². The maximum absolute atomic E-state index is 5.81. The number of benzene rings is 1. The lowest BCUT2D eigenvalue weighted by molar-refractivity contribution is 0.781. The normalized spacial score (nSPS) is 16.2. The molecule has 1 aromatic rings. The minimum absolute atomic E-state index is 0.621. The standard InChI is InChI=1S/C14H20N2/c1-11-5-7-16(8-6-11)14-4-3-12(2)9-13(14)10-15/h3-5,9H,6-8,10,15H2,1-2H3. The second-order valence-electron chi connectivity index (χ2n) is 4.58. The molecule has 0 saturated carbocycles. The van der Waals surface area contributed by atoms with Crippen molar-refractivity contribution in [1.29, 1.82) is 0 Å². The quantitative estimate of drug-likeness (QED) is 0.770. The molecule has 0 fully saturated rings. The number of nitrogens with two attached hydrogens (primary N) is 1. The van der Waals surface area contributed by atoms with E-state index >= 15 is 0 Å². The van der Waals surface area contributed by atoms with Crippen LogP contribution in [0, 0.1) is 6.92 Å². The highest BCUT2D eigenvalue weighted by atomic mass is 15.1. The van der Waals surface area contributed by atoms with Crippen LogP contribution in [0.4, 0.5) is 5.69 Å². The van der Waals surface area contributed by atoms with Crippen LogP contribution in [0.25, 0.3) is 0 Å². The van der Waals surface area contributed by atoms with Crippen LogP contribution in [0.2, 0.25) is 0 Å². The van der Waals surface area contributed by atoms with Crippen LogP contribution in [-0.2, 0) is 6.54 Å². The van der Waals surface area contributed by atoms with Crippen molar-refractivity contribution in [2.24, 2.45) is 5.73 Å². The third-order valence-electron chi connectivity index (χ3n) is 3.23. The molecule has 1 aliphatic rings. The second-order valence-corrected chi connectivity index (χ2v) is 4.58. The molecule has 0 unspecified atom stereocenters. The summed E-state index contributed by atoms with van der Waals surface area (Å²) in [5.41, 5.74) is 11.2. The summed E-state index contributed by atoms with van der Waals surface area (Å²) in [6, 6.07) is 6.56. The molecule has 16 heavy (non-hydrogen) atoms.